The summed E-state index contributed by atoms with van der Waals surface area (Å²) in [6.45, 7) is 0.771. The third-order valence-corrected chi connectivity index (χ3v) is 3.13. The van der Waals surface area contributed by atoms with E-state index >= 15 is 0 Å². The maximum atomic E-state index is 13.1. The monoisotopic (exact) mass is 306 g/mol. The van der Waals surface area contributed by atoms with Gasteiger partial charge in [-0.25, -0.2) is 5.48 Å². The number of nitrogens with two attached hydrogens (primary N) is 1. The van der Waals surface area contributed by atoms with Crippen molar-refractivity contribution in [2.24, 2.45) is 5.73 Å². The number of carbonyl (C=O) groups is 2. The van der Waals surface area contributed by atoms with Crippen molar-refractivity contribution in [3.8, 4) is 0 Å². The molecule has 0 aliphatic rings. The van der Waals surface area contributed by atoms with Gasteiger partial charge in [0.1, 0.15) is 0 Å². The van der Waals surface area contributed by atoms with Crippen LogP contribution < -0.4 is 11.2 Å². The third kappa shape index (κ3) is 2.98. The van der Waals surface area contributed by atoms with Crippen molar-refractivity contribution < 1.29 is 32.7 Å². The fourth-order valence-electron chi connectivity index (χ4n) is 1.70. The third-order valence-electron chi connectivity index (χ3n) is 3.13. The number of hydrogen-bond acceptors (Lipinski definition) is 4. The minimum absolute atomic E-state index is 0.328. The van der Waals surface area contributed by atoms with Crippen molar-refractivity contribution in [1.82, 2.24) is 5.48 Å². The van der Waals surface area contributed by atoms with Crippen LogP contribution in [-0.4, -0.2) is 30.3 Å². The van der Waals surface area contributed by atoms with E-state index in [0.29, 0.717) is 0 Å². The molecule has 116 valence electrons. The van der Waals surface area contributed by atoms with Crippen LogP contribution in [-0.2, 0) is 10.3 Å². The van der Waals surface area contributed by atoms with Gasteiger partial charge in [-0.3, -0.25) is 14.8 Å². The number of carbonyl (C=O) groups excluding carboxylic acids is 2. The van der Waals surface area contributed by atoms with Crippen molar-refractivity contribution in [3.05, 3.63) is 34.9 Å². The van der Waals surface area contributed by atoms with Gasteiger partial charge < -0.3 is 10.5 Å². The molecule has 1 aromatic rings. The largest absolute Gasteiger partial charge is 0.421 e. The maximum absolute atomic E-state index is 13.1. The Morgan fingerprint density at radius 2 is 1.86 bits per heavy atom. The van der Waals surface area contributed by atoms with Gasteiger partial charge in [0.2, 0.25) is 5.91 Å². The Labute approximate surface area is 117 Å². The molecule has 4 N–H and O–H groups in total. The fraction of sp³-hybridized carbons (Fsp3) is 0.333. The lowest BCUT2D eigenvalue weighted by Crippen LogP contribution is -2.41. The lowest BCUT2D eigenvalue weighted by molar-refractivity contribution is -0.269. The average Bonchev–Trinajstić information content (AvgIpc) is 2.43. The highest BCUT2D eigenvalue weighted by Gasteiger charge is 2.53. The Morgan fingerprint density at radius 3 is 2.24 bits per heavy atom. The number of primary amides is 1. The molecule has 0 bridgehead atoms. The van der Waals surface area contributed by atoms with Gasteiger partial charge >= 0.3 is 6.18 Å². The normalized spacial score (nSPS) is 14.4. The predicted octanol–water partition coefficient (Wildman–Crippen LogP) is 1.33. The van der Waals surface area contributed by atoms with Crippen LogP contribution in [0.4, 0.5) is 13.2 Å². The number of benzene rings is 1. The van der Waals surface area contributed by atoms with Gasteiger partial charge in [-0.15, -0.1) is 0 Å². The molecular weight excluding hydrogens is 293 g/mol. The van der Waals surface area contributed by atoms with Gasteiger partial charge in [0.25, 0.3) is 5.91 Å². The van der Waals surface area contributed by atoms with Gasteiger partial charge in [0, 0.05) is 7.11 Å². The van der Waals surface area contributed by atoms with Crippen LogP contribution in [0, 0.1) is 0 Å². The number of hydrogen-bond donors (Lipinski definition) is 3. The van der Waals surface area contributed by atoms with Gasteiger partial charge in [-0.1, -0.05) is 6.07 Å². The smallest absolute Gasteiger partial charge is 0.366 e. The van der Waals surface area contributed by atoms with Crippen LogP contribution in [0.25, 0.3) is 0 Å². The molecule has 0 saturated heterocycles. The summed E-state index contributed by atoms with van der Waals surface area (Å²) in [4.78, 5) is 22.6. The predicted molar refractivity (Wildman–Crippen MR) is 64.6 cm³/mol. The number of halogens is 3. The average molecular weight is 306 g/mol. The van der Waals surface area contributed by atoms with Crippen LogP contribution in [0.2, 0.25) is 0 Å². The summed E-state index contributed by atoms with van der Waals surface area (Å²) in [5.41, 5.74) is 2.35. The number of ether oxygens (including phenoxy) is 1. The molecule has 0 aromatic heterocycles. The molecule has 1 atom stereocenters. The number of nitrogens with one attached hydrogen (secondary N) is 1. The minimum Gasteiger partial charge on any atom is -0.366 e. The molecule has 9 heteroatoms. The molecule has 0 aliphatic carbocycles. The zero-order chi connectivity index (χ0) is 16.4. The topological polar surface area (TPSA) is 102 Å². The Balaban J connectivity index is 3.54. The van der Waals surface area contributed by atoms with Gasteiger partial charge in [0.15, 0.2) is 5.60 Å². The quantitative estimate of drug-likeness (QED) is 0.577. The van der Waals surface area contributed by atoms with E-state index in [1.807, 2.05) is 0 Å². The molecule has 0 saturated carbocycles. The lowest BCUT2D eigenvalue weighted by Gasteiger charge is -2.31. The molecule has 6 nitrogen and oxygen atoms in total. The number of hydroxylamine groups is 1. The summed E-state index contributed by atoms with van der Waals surface area (Å²) < 4.78 is 43.8. The molecule has 0 fully saturated rings. The second kappa shape index (κ2) is 5.70. The van der Waals surface area contributed by atoms with Crippen LogP contribution in [0.3, 0.4) is 0 Å². The Bertz CT molecular complexity index is 574. The van der Waals surface area contributed by atoms with Gasteiger partial charge in [-0.05, 0) is 24.6 Å². The van der Waals surface area contributed by atoms with Crippen molar-refractivity contribution in [2.45, 2.75) is 18.7 Å². The zero-order valence-corrected chi connectivity index (χ0v) is 11.1. The minimum atomic E-state index is -4.76. The Hall–Kier alpha value is -2.13. The summed E-state index contributed by atoms with van der Waals surface area (Å²) in [7, 11) is 0.862. The lowest BCUT2D eigenvalue weighted by atomic mass is 9.91. The first-order valence-corrected chi connectivity index (χ1v) is 5.59. The highest BCUT2D eigenvalue weighted by atomic mass is 19.4. The van der Waals surface area contributed by atoms with Crippen LogP contribution in [0.15, 0.2) is 18.2 Å². The molecule has 1 unspecified atom stereocenters. The highest BCUT2D eigenvalue weighted by Crippen LogP contribution is 2.41. The molecule has 1 rings (SSSR count). The van der Waals surface area contributed by atoms with Gasteiger partial charge in [0.05, 0.1) is 11.1 Å². The molecule has 0 radical (unpaired) electrons. The standard InChI is InChI=1S/C12H13F3N2O4/c1-11(21-2,12(13,14)15)6-3-4-7(9(16)18)8(5-6)10(19)17-20/h3-5,20H,1-2H3,(H2,16,18)(H,17,19). The molecule has 2 amide bonds. The van der Waals surface area contributed by atoms with Crippen molar-refractivity contribution in [2.75, 3.05) is 7.11 Å². The van der Waals surface area contributed by atoms with E-state index in [1.165, 1.54) is 5.48 Å². The SMILES string of the molecule is COC(C)(c1ccc(C(N)=O)c(C(=O)NO)c1)C(F)(F)F. The summed E-state index contributed by atoms with van der Waals surface area (Å²) in [6, 6.07) is 2.74. The van der Waals surface area contributed by atoms with Crippen LogP contribution in [0.1, 0.15) is 33.2 Å². The molecule has 0 aliphatic heterocycles. The molecule has 0 spiro atoms. The second-order valence-corrected chi connectivity index (χ2v) is 4.30. The fourth-order valence-corrected chi connectivity index (χ4v) is 1.70. The van der Waals surface area contributed by atoms with E-state index in [-0.39, 0.29) is 5.56 Å². The highest BCUT2D eigenvalue weighted by molar-refractivity contribution is 6.06. The van der Waals surface area contributed by atoms with Crippen molar-refractivity contribution in [1.29, 1.82) is 0 Å². The van der Waals surface area contributed by atoms with Crippen LogP contribution in [0.5, 0.6) is 0 Å². The Kier molecular flexibility index (Phi) is 4.59. The molecule has 1 aromatic carbocycles. The van der Waals surface area contributed by atoms with E-state index in [2.05, 4.69) is 4.74 Å². The summed E-state index contributed by atoms with van der Waals surface area (Å²) >= 11 is 0. The van der Waals surface area contributed by atoms with Crippen molar-refractivity contribution in [3.63, 3.8) is 0 Å². The first-order chi connectivity index (χ1) is 9.58. The molecule has 0 heterocycles. The molecular formula is C12H13F3N2O4. The molecule has 21 heavy (non-hydrogen) atoms. The first kappa shape index (κ1) is 16.9. The van der Waals surface area contributed by atoms with Crippen molar-refractivity contribution >= 4 is 11.8 Å². The Morgan fingerprint density at radius 1 is 1.29 bits per heavy atom. The van der Waals surface area contributed by atoms with E-state index in [0.717, 1.165) is 32.2 Å². The number of alkyl halides is 3. The maximum Gasteiger partial charge on any atom is 0.421 e. The second-order valence-electron chi connectivity index (χ2n) is 4.30. The summed E-state index contributed by atoms with van der Waals surface area (Å²) in [5, 5.41) is 8.60. The summed E-state index contributed by atoms with van der Waals surface area (Å²) in [5.74, 6) is -2.18. The van der Waals surface area contributed by atoms with E-state index in [4.69, 9.17) is 10.9 Å². The van der Waals surface area contributed by atoms with Crippen LogP contribution >= 0.6 is 0 Å². The number of rotatable bonds is 4. The van der Waals surface area contributed by atoms with E-state index in [9.17, 15) is 22.8 Å². The van der Waals surface area contributed by atoms with Gasteiger partial charge in [-0.2, -0.15) is 13.2 Å². The number of amides is 2. The summed E-state index contributed by atoms with van der Waals surface area (Å²) in [6.07, 6.45) is -4.76. The van der Waals surface area contributed by atoms with E-state index < -0.39 is 34.7 Å². The van der Waals surface area contributed by atoms with E-state index in [1.54, 1.807) is 0 Å². The number of methoxy groups -OCH3 is 1. The zero-order valence-electron chi connectivity index (χ0n) is 11.1. The first-order valence-electron chi connectivity index (χ1n) is 5.59.